The lowest BCUT2D eigenvalue weighted by molar-refractivity contribution is 0.566. The van der Waals surface area contributed by atoms with Crippen LogP contribution in [0.25, 0.3) is 0 Å². The molecule has 1 atom stereocenters. The molecule has 146 valence electrons. The van der Waals surface area contributed by atoms with Crippen LogP contribution in [-0.4, -0.2) is 16.5 Å². The second kappa shape index (κ2) is 10.3. The fraction of sp³-hybridized carbons (Fsp3) is 0.250. The highest BCUT2D eigenvalue weighted by Crippen LogP contribution is 2.54. The molecule has 2 nitrogen and oxygen atoms in total. The van der Waals surface area contributed by atoms with E-state index in [1.54, 1.807) is 0 Å². The van der Waals surface area contributed by atoms with Gasteiger partial charge in [-0.15, -0.1) is 0 Å². The lowest BCUT2D eigenvalue weighted by Gasteiger charge is -2.42. The maximum absolute atomic E-state index is 3.90. The molecular formula is C24H30N2P2. The van der Waals surface area contributed by atoms with E-state index in [-0.39, 0.29) is 0 Å². The number of benzene rings is 3. The van der Waals surface area contributed by atoms with Gasteiger partial charge in [0.25, 0.3) is 0 Å². The molecule has 4 heteroatoms. The second-order valence-corrected chi connectivity index (χ2v) is 11.6. The van der Waals surface area contributed by atoms with Crippen molar-refractivity contribution in [2.45, 2.75) is 39.8 Å². The molecule has 0 aliphatic heterocycles. The molecule has 0 fully saturated rings. The highest BCUT2D eigenvalue weighted by atomic mass is 31.2. The summed E-state index contributed by atoms with van der Waals surface area (Å²) in [4.78, 5) is 0. The third-order valence-electron chi connectivity index (χ3n) is 4.25. The van der Waals surface area contributed by atoms with E-state index in [4.69, 9.17) is 0 Å². The normalized spacial score (nSPS) is 12.9. The summed E-state index contributed by atoms with van der Waals surface area (Å²) >= 11 is 0. The van der Waals surface area contributed by atoms with Gasteiger partial charge in [0, 0.05) is 25.5 Å². The summed E-state index contributed by atoms with van der Waals surface area (Å²) in [5, 5.41) is 8.07. The van der Waals surface area contributed by atoms with Crippen LogP contribution in [0.15, 0.2) is 91.0 Å². The standard InChI is InChI=1S/C24H30N2P2/c1-20(2)25-28(24-18-12-7-13-19-24)26(21(3)4)27(22-14-8-5-9-15-22)23-16-10-6-11-17-23/h5-21,25H,1-4H3/t28-/m0/s1. The Hall–Kier alpha value is -1.56. The summed E-state index contributed by atoms with van der Waals surface area (Å²) in [6.07, 6.45) is 0. The van der Waals surface area contributed by atoms with Gasteiger partial charge in [-0.25, -0.2) is 4.44 Å². The van der Waals surface area contributed by atoms with Crippen LogP contribution in [0, 0.1) is 0 Å². The Morgan fingerprint density at radius 2 is 1.00 bits per heavy atom. The van der Waals surface area contributed by atoms with E-state index in [9.17, 15) is 0 Å². The summed E-state index contributed by atoms with van der Waals surface area (Å²) in [6.45, 7) is 9.12. The van der Waals surface area contributed by atoms with Gasteiger partial charge in [0.2, 0.25) is 0 Å². The third kappa shape index (κ3) is 5.28. The van der Waals surface area contributed by atoms with Crippen LogP contribution in [0.4, 0.5) is 0 Å². The Bertz CT molecular complexity index is 783. The first-order chi connectivity index (χ1) is 13.6. The number of rotatable bonds is 8. The van der Waals surface area contributed by atoms with Crippen LogP contribution in [0.1, 0.15) is 27.7 Å². The van der Waals surface area contributed by atoms with Gasteiger partial charge in [-0.05, 0) is 38.3 Å². The van der Waals surface area contributed by atoms with Crippen molar-refractivity contribution in [2.24, 2.45) is 0 Å². The number of hydrogen-bond acceptors (Lipinski definition) is 2. The highest BCUT2D eigenvalue weighted by molar-refractivity contribution is 7.81. The molecule has 0 aliphatic rings. The Morgan fingerprint density at radius 3 is 1.36 bits per heavy atom. The molecule has 0 heterocycles. The fourth-order valence-corrected chi connectivity index (χ4v) is 8.99. The number of nitrogens with one attached hydrogen (secondary N) is 1. The molecular weight excluding hydrogens is 378 g/mol. The average molecular weight is 408 g/mol. The van der Waals surface area contributed by atoms with Gasteiger partial charge in [-0.2, -0.15) is 0 Å². The van der Waals surface area contributed by atoms with E-state index >= 15 is 0 Å². The highest BCUT2D eigenvalue weighted by Gasteiger charge is 2.32. The number of nitrogens with zero attached hydrogens (tertiary/aromatic N) is 1. The maximum Gasteiger partial charge on any atom is 0.0743 e. The SMILES string of the molecule is CC(C)N[P@](c1ccccc1)N(C(C)C)P(c1ccccc1)c1ccccc1. The van der Waals surface area contributed by atoms with E-state index in [1.165, 1.54) is 15.9 Å². The zero-order chi connectivity index (χ0) is 19.9. The predicted octanol–water partition coefficient (Wildman–Crippen LogP) is 5.38. The Balaban J connectivity index is 2.14. The van der Waals surface area contributed by atoms with Crippen molar-refractivity contribution in [3.63, 3.8) is 0 Å². The number of hydrogen-bond donors (Lipinski definition) is 1. The van der Waals surface area contributed by atoms with Gasteiger partial charge >= 0.3 is 0 Å². The quantitative estimate of drug-likeness (QED) is 0.504. The van der Waals surface area contributed by atoms with E-state index in [1.807, 2.05) is 0 Å². The second-order valence-electron chi connectivity index (χ2n) is 7.33. The summed E-state index contributed by atoms with van der Waals surface area (Å²) in [7, 11) is -1.32. The molecule has 0 aliphatic carbocycles. The predicted molar refractivity (Wildman–Crippen MR) is 127 cm³/mol. The minimum Gasteiger partial charge on any atom is -0.277 e. The largest absolute Gasteiger partial charge is 0.277 e. The van der Waals surface area contributed by atoms with Crippen molar-refractivity contribution in [3.05, 3.63) is 91.0 Å². The molecule has 0 spiro atoms. The van der Waals surface area contributed by atoms with E-state index in [0.29, 0.717) is 12.1 Å². The zero-order valence-corrected chi connectivity index (χ0v) is 18.9. The molecule has 28 heavy (non-hydrogen) atoms. The summed E-state index contributed by atoms with van der Waals surface area (Å²) in [6, 6.07) is 33.7. The van der Waals surface area contributed by atoms with Gasteiger partial charge in [0.15, 0.2) is 0 Å². The molecule has 0 aromatic heterocycles. The Labute approximate surface area is 172 Å². The molecule has 3 aromatic carbocycles. The van der Waals surface area contributed by atoms with Crippen LogP contribution in [0.2, 0.25) is 0 Å². The zero-order valence-electron chi connectivity index (χ0n) is 17.2. The minimum atomic E-state index is -0.673. The first kappa shape index (κ1) is 21.2. The van der Waals surface area contributed by atoms with Crippen molar-refractivity contribution in [1.82, 2.24) is 9.53 Å². The van der Waals surface area contributed by atoms with Crippen LogP contribution < -0.4 is 21.0 Å². The fourth-order valence-electron chi connectivity index (χ4n) is 3.14. The molecule has 0 saturated heterocycles. The topological polar surface area (TPSA) is 15.3 Å². The molecule has 0 amide bonds. The molecule has 0 unspecified atom stereocenters. The molecule has 0 saturated carbocycles. The average Bonchev–Trinajstić information content (AvgIpc) is 2.72. The smallest absolute Gasteiger partial charge is 0.0743 e. The van der Waals surface area contributed by atoms with Gasteiger partial charge in [-0.3, -0.25) is 5.09 Å². The van der Waals surface area contributed by atoms with Crippen LogP contribution in [0.5, 0.6) is 0 Å². The van der Waals surface area contributed by atoms with Crippen molar-refractivity contribution in [1.29, 1.82) is 0 Å². The van der Waals surface area contributed by atoms with Crippen molar-refractivity contribution >= 4 is 32.2 Å². The lowest BCUT2D eigenvalue weighted by Crippen LogP contribution is -2.38. The Kier molecular flexibility index (Phi) is 7.77. The van der Waals surface area contributed by atoms with Crippen LogP contribution in [-0.2, 0) is 0 Å². The third-order valence-corrected chi connectivity index (χ3v) is 10.2. The summed E-state index contributed by atoms with van der Waals surface area (Å²) in [5.74, 6) is 0. The van der Waals surface area contributed by atoms with Gasteiger partial charge in [-0.1, -0.05) is 91.0 Å². The summed E-state index contributed by atoms with van der Waals surface area (Å²) in [5.41, 5.74) is 0. The molecule has 3 aromatic rings. The van der Waals surface area contributed by atoms with Crippen LogP contribution in [0.3, 0.4) is 0 Å². The lowest BCUT2D eigenvalue weighted by atomic mass is 10.4. The van der Waals surface area contributed by atoms with Crippen molar-refractivity contribution < 1.29 is 0 Å². The molecule has 1 N–H and O–H groups in total. The van der Waals surface area contributed by atoms with Gasteiger partial charge in [0.1, 0.15) is 0 Å². The minimum absolute atomic E-state index is 0.407. The first-order valence-electron chi connectivity index (χ1n) is 9.88. The van der Waals surface area contributed by atoms with Crippen molar-refractivity contribution in [3.8, 4) is 0 Å². The first-order valence-corrected chi connectivity index (χ1v) is 12.5. The van der Waals surface area contributed by atoms with Gasteiger partial charge < -0.3 is 0 Å². The van der Waals surface area contributed by atoms with Crippen molar-refractivity contribution in [2.75, 3.05) is 0 Å². The van der Waals surface area contributed by atoms with Gasteiger partial charge in [0.05, 0.1) is 8.22 Å². The molecule has 0 bridgehead atoms. The monoisotopic (exact) mass is 408 g/mol. The van der Waals surface area contributed by atoms with E-state index in [2.05, 4.69) is 128 Å². The molecule has 3 rings (SSSR count). The maximum atomic E-state index is 3.90. The van der Waals surface area contributed by atoms with Crippen LogP contribution >= 0.6 is 16.3 Å². The Morgan fingerprint density at radius 1 is 0.607 bits per heavy atom. The molecule has 0 radical (unpaired) electrons. The summed E-state index contributed by atoms with van der Waals surface area (Å²) < 4.78 is 2.73. The van der Waals surface area contributed by atoms with E-state index in [0.717, 1.165) is 0 Å². The van der Waals surface area contributed by atoms with E-state index < -0.39 is 16.3 Å².